The Morgan fingerprint density at radius 1 is 0.893 bits per heavy atom. The van der Waals surface area contributed by atoms with Gasteiger partial charge in [-0.1, -0.05) is 69.3 Å². The van der Waals surface area contributed by atoms with Gasteiger partial charge in [0.15, 0.2) is 0 Å². The van der Waals surface area contributed by atoms with Crippen molar-refractivity contribution in [2.45, 2.75) is 65.0 Å². The molecule has 0 spiro atoms. The number of carbonyl (C=O) groups excluding carboxylic acids is 1. The highest BCUT2D eigenvalue weighted by molar-refractivity contribution is 5.76. The lowest BCUT2D eigenvalue weighted by molar-refractivity contribution is -0.121. The van der Waals surface area contributed by atoms with Crippen LogP contribution in [0.15, 0.2) is 48.5 Å². The van der Waals surface area contributed by atoms with Gasteiger partial charge >= 0.3 is 0 Å². The van der Waals surface area contributed by atoms with Crippen LogP contribution >= 0.6 is 0 Å². The van der Waals surface area contributed by atoms with Gasteiger partial charge in [0.25, 0.3) is 0 Å². The second-order valence-corrected chi connectivity index (χ2v) is 9.02. The van der Waals surface area contributed by atoms with E-state index in [1.807, 2.05) is 0 Å². The van der Waals surface area contributed by atoms with Crippen LogP contribution < -0.4 is 5.32 Å². The Labute approximate surface area is 170 Å². The summed E-state index contributed by atoms with van der Waals surface area (Å²) in [5.74, 6) is 0.112. The van der Waals surface area contributed by atoms with Crippen molar-refractivity contribution < 1.29 is 4.79 Å². The Hall–Kier alpha value is -2.13. The van der Waals surface area contributed by atoms with Crippen LogP contribution in [-0.4, -0.2) is 23.9 Å². The molecule has 1 heterocycles. The van der Waals surface area contributed by atoms with E-state index < -0.39 is 0 Å². The number of aryl methyl sites for hydroxylation is 1. The number of hydrogen-bond acceptors (Lipinski definition) is 2. The molecule has 0 aromatic heterocycles. The number of carbonyl (C=O) groups is 1. The van der Waals surface area contributed by atoms with Gasteiger partial charge in [-0.15, -0.1) is 0 Å². The quantitative estimate of drug-likeness (QED) is 0.748. The highest BCUT2D eigenvalue weighted by atomic mass is 16.1. The minimum atomic E-state index is 0.112. The van der Waals surface area contributed by atoms with E-state index in [9.17, 15) is 4.79 Å². The number of nitrogens with one attached hydrogen (secondary N) is 1. The summed E-state index contributed by atoms with van der Waals surface area (Å²) >= 11 is 0. The summed E-state index contributed by atoms with van der Waals surface area (Å²) in [5.41, 5.74) is 5.23. The third-order valence-corrected chi connectivity index (χ3v) is 5.58. The van der Waals surface area contributed by atoms with Crippen molar-refractivity contribution >= 4 is 5.91 Å². The summed E-state index contributed by atoms with van der Waals surface area (Å²) in [6, 6.07) is 17.3. The standard InChI is InChI=1S/C25H34N2O/c1-25(2,3)23-13-10-20(11-14-23)12-15-24(28)26-18-21-6-8-22(9-7-21)19-27-16-4-5-17-27/h6-11,13-14H,4-5,12,15-19H2,1-3H3,(H,26,28). The largest absolute Gasteiger partial charge is 0.352 e. The van der Waals surface area contributed by atoms with Crippen molar-refractivity contribution in [3.8, 4) is 0 Å². The number of rotatable bonds is 7. The van der Waals surface area contributed by atoms with Gasteiger partial charge in [0.2, 0.25) is 5.91 Å². The van der Waals surface area contributed by atoms with E-state index in [0.29, 0.717) is 13.0 Å². The van der Waals surface area contributed by atoms with Gasteiger partial charge < -0.3 is 5.32 Å². The van der Waals surface area contributed by atoms with E-state index in [1.165, 1.54) is 42.6 Å². The van der Waals surface area contributed by atoms with Gasteiger partial charge in [-0.3, -0.25) is 9.69 Å². The Morgan fingerprint density at radius 3 is 2.07 bits per heavy atom. The predicted molar refractivity (Wildman–Crippen MR) is 116 cm³/mol. The highest BCUT2D eigenvalue weighted by Gasteiger charge is 2.13. The van der Waals surface area contributed by atoms with Crippen LogP contribution in [0.4, 0.5) is 0 Å². The summed E-state index contributed by atoms with van der Waals surface area (Å²) in [6.07, 6.45) is 3.96. The maximum atomic E-state index is 12.2. The Bertz CT molecular complexity index is 751. The van der Waals surface area contributed by atoms with E-state index in [4.69, 9.17) is 0 Å². The molecule has 0 saturated carbocycles. The van der Waals surface area contributed by atoms with Crippen molar-refractivity contribution in [1.29, 1.82) is 0 Å². The molecule has 3 heteroatoms. The van der Waals surface area contributed by atoms with E-state index >= 15 is 0 Å². The van der Waals surface area contributed by atoms with Crippen LogP contribution in [-0.2, 0) is 29.7 Å². The van der Waals surface area contributed by atoms with Crippen LogP contribution in [0.25, 0.3) is 0 Å². The molecule has 0 atom stereocenters. The lowest BCUT2D eigenvalue weighted by Gasteiger charge is -2.19. The van der Waals surface area contributed by atoms with E-state index in [2.05, 4.69) is 79.5 Å². The average Bonchev–Trinajstić information content (AvgIpc) is 3.18. The molecule has 1 fully saturated rings. The van der Waals surface area contributed by atoms with Gasteiger partial charge in [-0.25, -0.2) is 0 Å². The second-order valence-electron chi connectivity index (χ2n) is 9.02. The van der Waals surface area contributed by atoms with Gasteiger partial charge in [0, 0.05) is 19.5 Å². The normalized spacial score (nSPS) is 15.0. The third-order valence-electron chi connectivity index (χ3n) is 5.58. The van der Waals surface area contributed by atoms with Crippen molar-refractivity contribution in [3.05, 3.63) is 70.8 Å². The van der Waals surface area contributed by atoms with Crippen LogP contribution in [0, 0.1) is 0 Å². The molecule has 0 bridgehead atoms. The minimum absolute atomic E-state index is 0.112. The van der Waals surface area contributed by atoms with Crippen LogP contribution in [0.3, 0.4) is 0 Å². The number of amides is 1. The highest BCUT2D eigenvalue weighted by Crippen LogP contribution is 2.22. The molecule has 1 aliphatic heterocycles. The first-order valence-electron chi connectivity index (χ1n) is 10.6. The van der Waals surface area contributed by atoms with Crippen molar-refractivity contribution in [3.63, 3.8) is 0 Å². The minimum Gasteiger partial charge on any atom is -0.352 e. The third kappa shape index (κ3) is 6.20. The molecular formula is C25H34N2O. The summed E-state index contributed by atoms with van der Waals surface area (Å²) in [4.78, 5) is 14.7. The molecule has 28 heavy (non-hydrogen) atoms. The van der Waals surface area contributed by atoms with Gasteiger partial charge in [0.1, 0.15) is 0 Å². The Morgan fingerprint density at radius 2 is 1.46 bits per heavy atom. The molecule has 1 saturated heterocycles. The zero-order valence-electron chi connectivity index (χ0n) is 17.6. The first-order valence-corrected chi connectivity index (χ1v) is 10.6. The van der Waals surface area contributed by atoms with Crippen LogP contribution in [0.5, 0.6) is 0 Å². The first kappa shape index (κ1) is 20.6. The smallest absolute Gasteiger partial charge is 0.220 e. The SMILES string of the molecule is CC(C)(C)c1ccc(CCC(=O)NCc2ccc(CN3CCCC3)cc2)cc1. The second kappa shape index (κ2) is 9.38. The van der Waals surface area contributed by atoms with E-state index in [0.717, 1.165) is 18.5 Å². The van der Waals surface area contributed by atoms with Gasteiger partial charge in [-0.05, 0) is 60.0 Å². The fourth-order valence-corrected chi connectivity index (χ4v) is 3.68. The fourth-order valence-electron chi connectivity index (χ4n) is 3.68. The maximum absolute atomic E-state index is 12.2. The molecule has 1 amide bonds. The molecule has 3 nitrogen and oxygen atoms in total. The monoisotopic (exact) mass is 378 g/mol. The van der Waals surface area contributed by atoms with E-state index in [-0.39, 0.29) is 11.3 Å². The molecule has 1 N–H and O–H groups in total. The van der Waals surface area contributed by atoms with Crippen LogP contribution in [0.2, 0.25) is 0 Å². The number of nitrogens with zero attached hydrogens (tertiary/aromatic N) is 1. The Kier molecular flexibility index (Phi) is 6.90. The molecule has 2 aromatic carbocycles. The summed E-state index contributed by atoms with van der Waals surface area (Å²) in [5, 5.41) is 3.05. The van der Waals surface area contributed by atoms with E-state index in [1.54, 1.807) is 0 Å². The molecule has 2 aromatic rings. The van der Waals surface area contributed by atoms with Crippen LogP contribution in [0.1, 0.15) is 62.3 Å². The van der Waals surface area contributed by atoms with Crippen molar-refractivity contribution in [1.82, 2.24) is 10.2 Å². The molecular weight excluding hydrogens is 344 g/mol. The zero-order valence-corrected chi connectivity index (χ0v) is 17.6. The molecule has 0 radical (unpaired) electrons. The van der Waals surface area contributed by atoms with Crippen molar-refractivity contribution in [2.75, 3.05) is 13.1 Å². The summed E-state index contributed by atoms with van der Waals surface area (Å²) < 4.78 is 0. The first-order chi connectivity index (χ1) is 13.4. The molecule has 150 valence electrons. The molecule has 0 aliphatic carbocycles. The zero-order chi connectivity index (χ0) is 20.0. The molecule has 1 aliphatic rings. The maximum Gasteiger partial charge on any atom is 0.220 e. The predicted octanol–water partition coefficient (Wildman–Crippen LogP) is 4.83. The average molecular weight is 379 g/mol. The van der Waals surface area contributed by atoms with Gasteiger partial charge in [-0.2, -0.15) is 0 Å². The molecule has 3 rings (SSSR count). The summed E-state index contributed by atoms with van der Waals surface area (Å²) in [6.45, 7) is 10.7. The topological polar surface area (TPSA) is 32.3 Å². The lowest BCUT2D eigenvalue weighted by Crippen LogP contribution is -2.23. The number of hydrogen-bond donors (Lipinski definition) is 1. The van der Waals surface area contributed by atoms with Gasteiger partial charge in [0.05, 0.1) is 0 Å². The Balaban J connectivity index is 1.40. The molecule has 0 unspecified atom stereocenters. The summed E-state index contributed by atoms with van der Waals surface area (Å²) in [7, 11) is 0. The number of benzene rings is 2. The van der Waals surface area contributed by atoms with Crippen molar-refractivity contribution in [2.24, 2.45) is 0 Å². The number of likely N-dealkylation sites (tertiary alicyclic amines) is 1. The fraction of sp³-hybridized carbons (Fsp3) is 0.480. The lowest BCUT2D eigenvalue weighted by atomic mass is 9.86.